The molecule has 3 nitrogen and oxygen atoms in total. The van der Waals surface area contributed by atoms with E-state index in [1.54, 1.807) is 30.3 Å². The molecule has 0 bridgehead atoms. The first kappa shape index (κ1) is 14.4. The Hall–Kier alpha value is -2.03. The molecule has 0 aromatic heterocycles. The van der Waals surface area contributed by atoms with Crippen molar-refractivity contribution in [2.45, 2.75) is 39.2 Å². The summed E-state index contributed by atoms with van der Waals surface area (Å²) >= 11 is 0. The van der Waals surface area contributed by atoms with Crippen LogP contribution in [-0.4, -0.2) is 16.7 Å². The lowest BCUT2D eigenvalue weighted by atomic mass is 10.0. The molecule has 0 aliphatic rings. The maximum atomic E-state index is 12.2. The Morgan fingerprint density at radius 3 is 2.50 bits per heavy atom. The number of benzene rings is 2. The Balaban J connectivity index is 2.24. The number of esters is 1. The van der Waals surface area contributed by atoms with Crippen molar-refractivity contribution in [3.05, 3.63) is 42.0 Å². The van der Waals surface area contributed by atoms with Crippen molar-refractivity contribution in [1.29, 1.82) is 0 Å². The van der Waals surface area contributed by atoms with Crippen LogP contribution in [0.3, 0.4) is 0 Å². The molecule has 2 aromatic rings. The standard InChI is InChI=1S/C17H20O3/c1-4-9-17(2,3)20-16(19)14-6-5-13-11-15(18)8-7-12(13)10-14/h5-8,10-11,18H,4,9H2,1-3H3. The number of carbonyl (C=O) groups excluding carboxylic acids is 1. The lowest BCUT2D eigenvalue weighted by Crippen LogP contribution is -2.27. The minimum absolute atomic E-state index is 0.219. The summed E-state index contributed by atoms with van der Waals surface area (Å²) in [7, 11) is 0. The third-order valence-corrected chi connectivity index (χ3v) is 3.28. The fraction of sp³-hybridized carbons (Fsp3) is 0.353. The number of phenols is 1. The molecule has 0 fully saturated rings. The topological polar surface area (TPSA) is 46.5 Å². The van der Waals surface area contributed by atoms with E-state index in [0.717, 1.165) is 23.6 Å². The highest BCUT2D eigenvalue weighted by atomic mass is 16.6. The Morgan fingerprint density at radius 2 is 1.80 bits per heavy atom. The van der Waals surface area contributed by atoms with Gasteiger partial charge in [-0.25, -0.2) is 4.79 Å². The van der Waals surface area contributed by atoms with Gasteiger partial charge in [-0.05, 0) is 55.3 Å². The van der Waals surface area contributed by atoms with Crippen LogP contribution in [0.15, 0.2) is 36.4 Å². The largest absolute Gasteiger partial charge is 0.508 e. The summed E-state index contributed by atoms with van der Waals surface area (Å²) in [6.45, 7) is 5.92. The van der Waals surface area contributed by atoms with Crippen molar-refractivity contribution in [3.63, 3.8) is 0 Å². The highest BCUT2D eigenvalue weighted by Crippen LogP contribution is 2.23. The highest BCUT2D eigenvalue weighted by molar-refractivity contribution is 5.95. The van der Waals surface area contributed by atoms with Crippen molar-refractivity contribution < 1.29 is 14.6 Å². The molecule has 2 rings (SSSR count). The van der Waals surface area contributed by atoms with Gasteiger partial charge in [0.15, 0.2) is 0 Å². The van der Waals surface area contributed by atoms with E-state index in [4.69, 9.17) is 4.74 Å². The van der Waals surface area contributed by atoms with Gasteiger partial charge in [0.25, 0.3) is 0 Å². The van der Waals surface area contributed by atoms with Crippen LogP contribution in [-0.2, 0) is 4.74 Å². The molecule has 0 saturated heterocycles. The number of hydrogen-bond donors (Lipinski definition) is 1. The van der Waals surface area contributed by atoms with Gasteiger partial charge in [-0.15, -0.1) is 0 Å². The molecule has 0 spiro atoms. The van der Waals surface area contributed by atoms with Crippen LogP contribution in [0.2, 0.25) is 0 Å². The Labute approximate surface area is 119 Å². The summed E-state index contributed by atoms with van der Waals surface area (Å²) in [5, 5.41) is 11.2. The summed E-state index contributed by atoms with van der Waals surface area (Å²) in [6.07, 6.45) is 1.80. The van der Waals surface area contributed by atoms with E-state index in [-0.39, 0.29) is 11.7 Å². The van der Waals surface area contributed by atoms with Gasteiger partial charge in [0.1, 0.15) is 11.4 Å². The number of rotatable bonds is 4. The zero-order chi connectivity index (χ0) is 14.8. The average Bonchev–Trinajstić information content (AvgIpc) is 2.37. The van der Waals surface area contributed by atoms with Crippen LogP contribution in [0.1, 0.15) is 44.0 Å². The fourth-order valence-electron chi connectivity index (χ4n) is 2.32. The Bertz CT molecular complexity index is 629. The van der Waals surface area contributed by atoms with Crippen molar-refractivity contribution >= 4 is 16.7 Å². The predicted octanol–water partition coefficient (Wildman–Crippen LogP) is 4.28. The van der Waals surface area contributed by atoms with Crippen molar-refractivity contribution in [2.75, 3.05) is 0 Å². The molecule has 0 saturated carbocycles. The summed E-state index contributed by atoms with van der Waals surface area (Å²) in [6, 6.07) is 10.4. The molecule has 20 heavy (non-hydrogen) atoms. The first-order valence-corrected chi connectivity index (χ1v) is 6.87. The fourth-order valence-corrected chi connectivity index (χ4v) is 2.32. The van der Waals surface area contributed by atoms with Gasteiger partial charge in [0.2, 0.25) is 0 Å². The van der Waals surface area contributed by atoms with E-state index < -0.39 is 5.60 Å². The molecular weight excluding hydrogens is 252 g/mol. The predicted molar refractivity (Wildman–Crippen MR) is 80.0 cm³/mol. The van der Waals surface area contributed by atoms with Crippen LogP contribution in [0.4, 0.5) is 0 Å². The number of aromatic hydroxyl groups is 1. The molecular formula is C17H20O3. The molecule has 3 heteroatoms. The molecule has 0 aliphatic heterocycles. The SMILES string of the molecule is CCCC(C)(C)OC(=O)c1ccc2cc(O)ccc2c1. The first-order valence-electron chi connectivity index (χ1n) is 6.87. The van der Waals surface area contributed by atoms with E-state index >= 15 is 0 Å². The second-order valence-corrected chi connectivity index (χ2v) is 5.65. The van der Waals surface area contributed by atoms with E-state index in [1.807, 2.05) is 19.9 Å². The quantitative estimate of drug-likeness (QED) is 0.845. The lowest BCUT2D eigenvalue weighted by molar-refractivity contribution is -0.00470. The highest BCUT2D eigenvalue weighted by Gasteiger charge is 2.22. The molecule has 0 radical (unpaired) electrons. The van der Waals surface area contributed by atoms with Crippen LogP contribution in [0, 0.1) is 0 Å². The molecule has 0 unspecified atom stereocenters. The molecule has 0 atom stereocenters. The van der Waals surface area contributed by atoms with Gasteiger partial charge in [0.05, 0.1) is 5.56 Å². The van der Waals surface area contributed by atoms with E-state index in [0.29, 0.717) is 5.56 Å². The van der Waals surface area contributed by atoms with Crippen molar-refractivity contribution in [3.8, 4) is 5.75 Å². The summed E-state index contributed by atoms with van der Waals surface area (Å²) in [5.74, 6) is -0.0877. The number of phenolic OH excluding ortho intramolecular Hbond substituents is 1. The van der Waals surface area contributed by atoms with Crippen molar-refractivity contribution in [1.82, 2.24) is 0 Å². The van der Waals surface area contributed by atoms with Crippen molar-refractivity contribution in [2.24, 2.45) is 0 Å². The van der Waals surface area contributed by atoms with Gasteiger partial charge in [-0.3, -0.25) is 0 Å². The van der Waals surface area contributed by atoms with Gasteiger partial charge in [-0.1, -0.05) is 25.5 Å². The smallest absolute Gasteiger partial charge is 0.338 e. The second-order valence-electron chi connectivity index (χ2n) is 5.65. The zero-order valence-electron chi connectivity index (χ0n) is 12.1. The third-order valence-electron chi connectivity index (χ3n) is 3.28. The summed E-state index contributed by atoms with van der Waals surface area (Å²) in [4.78, 5) is 12.2. The lowest BCUT2D eigenvalue weighted by Gasteiger charge is -2.24. The maximum Gasteiger partial charge on any atom is 0.338 e. The van der Waals surface area contributed by atoms with Gasteiger partial charge in [-0.2, -0.15) is 0 Å². The molecule has 0 heterocycles. The van der Waals surface area contributed by atoms with Crippen LogP contribution < -0.4 is 0 Å². The van der Waals surface area contributed by atoms with E-state index in [2.05, 4.69) is 6.92 Å². The molecule has 1 N–H and O–H groups in total. The van der Waals surface area contributed by atoms with Gasteiger partial charge in [0, 0.05) is 0 Å². The molecule has 106 valence electrons. The molecule has 2 aromatic carbocycles. The third kappa shape index (κ3) is 3.29. The van der Waals surface area contributed by atoms with E-state index in [1.165, 1.54) is 0 Å². The summed E-state index contributed by atoms with van der Waals surface area (Å²) < 4.78 is 5.55. The number of hydrogen-bond acceptors (Lipinski definition) is 3. The first-order chi connectivity index (χ1) is 9.41. The molecule has 0 amide bonds. The van der Waals surface area contributed by atoms with E-state index in [9.17, 15) is 9.90 Å². The maximum absolute atomic E-state index is 12.2. The van der Waals surface area contributed by atoms with Crippen LogP contribution in [0.25, 0.3) is 10.8 Å². The minimum atomic E-state index is -0.449. The van der Waals surface area contributed by atoms with Gasteiger partial charge < -0.3 is 9.84 Å². The monoisotopic (exact) mass is 272 g/mol. The van der Waals surface area contributed by atoms with Crippen LogP contribution >= 0.6 is 0 Å². The van der Waals surface area contributed by atoms with Crippen LogP contribution in [0.5, 0.6) is 5.75 Å². The number of fused-ring (bicyclic) bond motifs is 1. The normalized spacial score (nSPS) is 11.6. The minimum Gasteiger partial charge on any atom is -0.508 e. The average molecular weight is 272 g/mol. The second kappa shape index (κ2) is 5.53. The zero-order valence-corrected chi connectivity index (χ0v) is 12.1. The Morgan fingerprint density at radius 1 is 1.15 bits per heavy atom. The van der Waals surface area contributed by atoms with Gasteiger partial charge >= 0.3 is 5.97 Å². The number of ether oxygens (including phenoxy) is 1. The Kier molecular flexibility index (Phi) is 3.98. The number of carbonyl (C=O) groups is 1. The summed E-state index contributed by atoms with van der Waals surface area (Å²) in [5.41, 5.74) is 0.0859. The molecule has 0 aliphatic carbocycles.